The minimum atomic E-state index is -4.59. The number of aryl methyl sites for hydroxylation is 2. The number of halogens is 7. The quantitative estimate of drug-likeness (QED) is 0.133. The van der Waals surface area contributed by atoms with E-state index >= 15 is 0 Å². The third kappa shape index (κ3) is 8.25. The molecule has 2 N–H and O–H groups in total. The van der Waals surface area contributed by atoms with E-state index in [2.05, 4.69) is 5.32 Å². The lowest BCUT2D eigenvalue weighted by molar-refractivity contribution is -0.138. The fraction of sp³-hybridized carbons (Fsp3) is 0.235. The van der Waals surface area contributed by atoms with E-state index in [0.29, 0.717) is 50.2 Å². The van der Waals surface area contributed by atoms with Gasteiger partial charge in [-0.1, -0.05) is 41.9 Å². The SMILES string of the molecule is Cc1cc(C(F)(F)F)ccc1-c1ccc(NCc2ccc(C(F)(F)F)cc2-c2ccc(C(=O)CCCC(=O)O)cc2C)cc1Cl. The van der Waals surface area contributed by atoms with Gasteiger partial charge in [0.15, 0.2) is 5.78 Å². The minimum absolute atomic E-state index is 0.0314. The average molecular weight is 648 g/mol. The highest BCUT2D eigenvalue weighted by Gasteiger charge is 2.32. The molecule has 4 aromatic carbocycles. The Kier molecular flexibility index (Phi) is 9.97. The maximum atomic E-state index is 13.7. The molecule has 0 amide bonds. The monoisotopic (exact) mass is 647 g/mol. The number of carbonyl (C=O) groups excluding carboxylic acids is 1. The Morgan fingerprint density at radius 2 is 1.29 bits per heavy atom. The number of anilines is 1. The van der Waals surface area contributed by atoms with Crippen LogP contribution in [0.2, 0.25) is 5.02 Å². The summed E-state index contributed by atoms with van der Waals surface area (Å²) in [6.07, 6.45) is -9.00. The van der Waals surface area contributed by atoms with E-state index in [0.717, 1.165) is 24.3 Å². The first-order valence-corrected chi connectivity index (χ1v) is 14.2. The Bertz CT molecular complexity index is 1750. The van der Waals surface area contributed by atoms with Gasteiger partial charge in [-0.2, -0.15) is 26.3 Å². The molecule has 0 saturated heterocycles. The maximum absolute atomic E-state index is 13.7. The van der Waals surface area contributed by atoms with Gasteiger partial charge < -0.3 is 10.4 Å². The highest BCUT2D eigenvalue weighted by molar-refractivity contribution is 6.33. The van der Waals surface area contributed by atoms with Crippen LogP contribution in [-0.2, 0) is 23.7 Å². The number of Topliss-reactive ketones (excluding diaryl/α,β-unsaturated/α-hetero) is 1. The molecule has 0 saturated carbocycles. The zero-order valence-corrected chi connectivity index (χ0v) is 24.9. The molecule has 4 rings (SSSR count). The number of hydrogen-bond donors (Lipinski definition) is 2. The number of carboxylic acids is 1. The summed E-state index contributed by atoms with van der Waals surface area (Å²) in [6.45, 7) is 3.35. The van der Waals surface area contributed by atoms with Crippen LogP contribution >= 0.6 is 11.6 Å². The summed E-state index contributed by atoms with van der Waals surface area (Å²) < 4.78 is 80.3. The number of carbonyl (C=O) groups is 2. The van der Waals surface area contributed by atoms with Crippen LogP contribution in [0.25, 0.3) is 22.3 Å². The van der Waals surface area contributed by atoms with Gasteiger partial charge in [-0.15, -0.1) is 0 Å². The molecule has 0 unspecified atom stereocenters. The second kappa shape index (κ2) is 13.4. The summed E-state index contributed by atoms with van der Waals surface area (Å²) >= 11 is 6.51. The molecule has 0 aliphatic rings. The smallest absolute Gasteiger partial charge is 0.416 e. The fourth-order valence-electron chi connectivity index (χ4n) is 5.02. The van der Waals surface area contributed by atoms with Crippen molar-refractivity contribution in [1.82, 2.24) is 0 Å². The molecule has 4 nitrogen and oxygen atoms in total. The molecule has 0 aromatic heterocycles. The van der Waals surface area contributed by atoms with E-state index in [1.54, 1.807) is 44.2 Å². The second-order valence-electron chi connectivity index (χ2n) is 10.6. The highest BCUT2D eigenvalue weighted by atomic mass is 35.5. The lowest BCUT2D eigenvalue weighted by atomic mass is 9.91. The molecule has 0 radical (unpaired) electrons. The molecule has 236 valence electrons. The van der Waals surface area contributed by atoms with Crippen LogP contribution in [-0.4, -0.2) is 16.9 Å². The summed E-state index contributed by atoms with van der Waals surface area (Å²) in [6, 6.07) is 16.4. The Labute approximate surface area is 260 Å². The Hall–Kier alpha value is -4.31. The lowest BCUT2D eigenvalue weighted by Crippen LogP contribution is -2.08. The Morgan fingerprint density at radius 1 is 0.711 bits per heavy atom. The fourth-order valence-corrected chi connectivity index (χ4v) is 5.31. The molecule has 4 aromatic rings. The molecule has 0 atom stereocenters. The highest BCUT2D eigenvalue weighted by Crippen LogP contribution is 2.38. The average Bonchev–Trinajstić information content (AvgIpc) is 2.95. The van der Waals surface area contributed by atoms with E-state index in [9.17, 15) is 35.9 Å². The molecule has 0 spiro atoms. The van der Waals surface area contributed by atoms with Crippen LogP contribution in [0.3, 0.4) is 0 Å². The van der Waals surface area contributed by atoms with Gasteiger partial charge in [0.2, 0.25) is 0 Å². The van der Waals surface area contributed by atoms with Crippen molar-refractivity contribution in [2.75, 3.05) is 5.32 Å². The van der Waals surface area contributed by atoms with Gasteiger partial charge in [-0.25, -0.2) is 0 Å². The van der Waals surface area contributed by atoms with Crippen LogP contribution in [0.1, 0.15) is 57.4 Å². The second-order valence-corrected chi connectivity index (χ2v) is 11.1. The summed E-state index contributed by atoms with van der Waals surface area (Å²) in [5.74, 6) is -1.27. The largest absolute Gasteiger partial charge is 0.481 e. The normalized spacial score (nSPS) is 11.8. The van der Waals surface area contributed by atoms with Crippen LogP contribution in [0.15, 0.2) is 72.8 Å². The summed E-state index contributed by atoms with van der Waals surface area (Å²) in [4.78, 5) is 23.3. The molecule has 0 aliphatic heterocycles. The summed E-state index contributed by atoms with van der Waals surface area (Å²) in [7, 11) is 0. The predicted octanol–water partition coefficient (Wildman–Crippen LogP) is 10.4. The van der Waals surface area contributed by atoms with Gasteiger partial charge in [0.1, 0.15) is 0 Å². The number of hydrogen-bond acceptors (Lipinski definition) is 3. The molecule has 45 heavy (non-hydrogen) atoms. The summed E-state index contributed by atoms with van der Waals surface area (Å²) in [5, 5.41) is 12.2. The van der Waals surface area contributed by atoms with Crippen molar-refractivity contribution in [2.45, 2.75) is 52.0 Å². The maximum Gasteiger partial charge on any atom is 0.416 e. The number of carboxylic acid groups (broad SMARTS) is 1. The van der Waals surface area contributed by atoms with Crippen LogP contribution in [0.4, 0.5) is 32.0 Å². The van der Waals surface area contributed by atoms with Crippen molar-refractivity contribution in [2.24, 2.45) is 0 Å². The van der Waals surface area contributed by atoms with Gasteiger partial charge in [-0.3, -0.25) is 9.59 Å². The third-order valence-electron chi connectivity index (χ3n) is 7.37. The van der Waals surface area contributed by atoms with Gasteiger partial charge in [0.25, 0.3) is 0 Å². The number of rotatable bonds is 10. The van der Waals surface area contributed by atoms with E-state index in [1.165, 1.54) is 18.2 Å². The van der Waals surface area contributed by atoms with Gasteiger partial charge in [0, 0.05) is 36.2 Å². The Morgan fingerprint density at radius 3 is 1.89 bits per heavy atom. The number of aliphatic carboxylic acids is 1. The first-order valence-electron chi connectivity index (χ1n) is 13.8. The van der Waals surface area contributed by atoms with Crippen molar-refractivity contribution >= 4 is 29.0 Å². The number of ketones is 1. The van der Waals surface area contributed by atoms with E-state index in [4.69, 9.17) is 16.7 Å². The molecule has 0 bridgehead atoms. The van der Waals surface area contributed by atoms with E-state index in [1.807, 2.05) is 0 Å². The molecule has 11 heteroatoms. The van der Waals surface area contributed by atoms with Crippen molar-refractivity contribution in [1.29, 1.82) is 0 Å². The van der Waals surface area contributed by atoms with E-state index < -0.39 is 29.4 Å². The number of benzene rings is 4. The Balaban J connectivity index is 1.60. The standard InChI is InChI=1S/C34H28ClF6NO3/c1-19-14-21(31(43)4-3-5-32(44)45)7-11-27(19)29-16-24(34(39,40)41)8-6-22(29)18-42-25-10-13-28(30(35)17-25)26-12-9-23(15-20(26)2)33(36,37)38/h6-17,42H,3-5,18H2,1-2H3,(H,44,45). The first kappa shape index (κ1) is 33.6. The van der Waals surface area contributed by atoms with Crippen LogP contribution < -0.4 is 5.32 Å². The van der Waals surface area contributed by atoms with Gasteiger partial charge in [-0.05, 0) is 96.1 Å². The van der Waals surface area contributed by atoms with Gasteiger partial charge in [0.05, 0.1) is 16.1 Å². The number of alkyl halides is 6. The van der Waals surface area contributed by atoms with Crippen molar-refractivity contribution < 1.29 is 41.0 Å². The van der Waals surface area contributed by atoms with E-state index in [-0.39, 0.29) is 36.6 Å². The molecule has 0 fully saturated rings. The van der Waals surface area contributed by atoms with Crippen molar-refractivity contribution in [3.8, 4) is 22.3 Å². The number of nitrogens with one attached hydrogen (secondary N) is 1. The molecular weight excluding hydrogens is 620 g/mol. The third-order valence-corrected chi connectivity index (χ3v) is 7.68. The molecule has 0 aliphatic carbocycles. The summed E-state index contributed by atoms with van der Waals surface area (Å²) in [5.41, 5.74) is 2.63. The zero-order chi connectivity index (χ0) is 33.1. The minimum Gasteiger partial charge on any atom is -0.481 e. The van der Waals surface area contributed by atoms with Crippen molar-refractivity contribution in [3.63, 3.8) is 0 Å². The first-order chi connectivity index (χ1) is 21.0. The molecular formula is C34H28ClF6NO3. The van der Waals surface area contributed by atoms with Crippen molar-refractivity contribution in [3.05, 3.63) is 111 Å². The van der Waals surface area contributed by atoms with Gasteiger partial charge >= 0.3 is 18.3 Å². The zero-order valence-electron chi connectivity index (χ0n) is 24.2. The van der Waals surface area contributed by atoms with Crippen LogP contribution in [0.5, 0.6) is 0 Å². The van der Waals surface area contributed by atoms with Crippen LogP contribution in [0, 0.1) is 13.8 Å². The molecule has 0 heterocycles. The topological polar surface area (TPSA) is 66.4 Å². The lowest BCUT2D eigenvalue weighted by Gasteiger charge is -2.18. The predicted molar refractivity (Wildman–Crippen MR) is 161 cm³/mol.